The van der Waals surface area contributed by atoms with E-state index in [0.29, 0.717) is 6.07 Å². The van der Waals surface area contributed by atoms with Crippen molar-refractivity contribution in [3.63, 3.8) is 0 Å². The SMILES string of the molecule is Cn1ncc(Cl)c1C(NN)c1cccc(C(F)(F)F)c1F. The number of hydrazine groups is 1. The molecule has 9 heteroatoms. The van der Waals surface area contributed by atoms with Crippen LogP contribution in [0.3, 0.4) is 0 Å². The van der Waals surface area contributed by atoms with E-state index in [0.717, 1.165) is 6.07 Å². The first kappa shape index (κ1) is 15.7. The van der Waals surface area contributed by atoms with Crippen LogP contribution >= 0.6 is 11.6 Å². The molecule has 1 aromatic heterocycles. The van der Waals surface area contributed by atoms with E-state index in [4.69, 9.17) is 17.4 Å². The number of halogens is 5. The molecule has 0 aliphatic rings. The summed E-state index contributed by atoms with van der Waals surface area (Å²) >= 11 is 5.93. The fraction of sp³-hybridized carbons (Fsp3) is 0.250. The maximum atomic E-state index is 14.2. The molecule has 0 fully saturated rings. The minimum absolute atomic E-state index is 0.164. The number of hydrogen-bond acceptors (Lipinski definition) is 3. The molecule has 114 valence electrons. The van der Waals surface area contributed by atoms with E-state index in [1.165, 1.54) is 24.0 Å². The molecular formula is C12H11ClF4N4. The Labute approximate surface area is 122 Å². The molecule has 0 amide bonds. The molecule has 0 radical (unpaired) electrons. The summed E-state index contributed by atoms with van der Waals surface area (Å²) in [7, 11) is 1.52. The van der Waals surface area contributed by atoms with E-state index in [1.807, 2.05) is 0 Å². The smallest absolute Gasteiger partial charge is 0.271 e. The summed E-state index contributed by atoms with van der Waals surface area (Å²) in [4.78, 5) is 0. The van der Waals surface area contributed by atoms with Crippen LogP contribution in [-0.4, -0.2) is 9.78 Å². The van der Waals surface area contributed by atoms with Crippen LogP contribution in [0.5, 0.6) is 0 Å². The normalized spacial score (nSPS) is 13.5. The lowest BCUT2D eigenvalue weighted by Gasteiger charge is -2.20. The Morgan fingerprint density at radius 1 is 1.38 bits per heavy atom. The van der Waals surface area contributed by atoms with E-state index in [9.17, 15) is 17.6 Å². The van der Waals surface area contributed by atoms with E-state index >= 15 is 0 Å². The van der Waals surface area contributed by atoms with Gasteiger partial charge in [-0.1, -0.05) is 23.7 Å². The molecule has 0 aliphatic heterocycles. The molecule has 1 heterocycles. The third kappa shape index (κ3) is 2.87. The van der Waals surface area contributed by atoms with Gasteiger partial charge in [0.25, 0.3) is 0 Å². The highest BCUT2D eigenvalue weighted by Gasteiger charge is 2.36. The summed E-state index contributed by atoms with van der Waals surface area (Å²) in [6.07, 6.45) is -3.50. The zero-order valence-corrected chi connectivity index (χ0v) is 11.5. The molecule has 1 aromatic carbocycles. The zero-order valence-electron chi connectivity index (χ0n) is 10.7. The maximum Gasteiger partial charge on any atom is 0.419 e. The highest BCUT2D eigenvalue weighted by molar-refractivity contribution is 6.31. The monoisotopic (exact) mass is 322 g/mol. The Balaban J connectivity index is 2.59. The predicted molar refractivity (Wildman–Crippen MR) is 68.8 cm³/mol. The standard InChI is InChI=1S/C12H11ClF4N4/c1-21-11(8(13)5-19-21)10(20-18)6-3-2-4-7(9(6)14)12(15,16)17/h2-5,10,20H,18H2,1H3. The Hall–Kier alpha value is -1.64. The quantitative estimate of drug-likeness (QED) is 0.519. The topological polar surface area (TPSA) is 55.9 Å². The molecule has 2 aromatic rings. The van der Waals surface area contributed by atoms with Gasteiger partial charge < -0.3 is 0 Å². The minimum atomic E-state index is -4.80. The summed E-state index contributed by atoms with van der Waals surface area (Å²) in [5.41, 5.74) is 0.902. The van der Waals surface area contributed by atoms with Gasteiger partial charge in [-0.2, -0.15) is 18.3 Å². The van der Waals surface area contributed by atoms with E-state index < -0.39 is 23.6 Å². The second-order valence-corrected chi connectivity index (χ2v) is 4.71. The molecule has 2 rings (SSSR count). The summed E-state index contributed by atoms with van der Waals surface area (Å²) in [5.74, 6) is 3.97. The Bertz CT molecular complexity index is 634. The number of aryl methyl sites for hydroxylation is 1. The van der Waals surface area contributed by atoms with Crippen molar-refractivity contribution < 1.29 is 17.6 Å². The van der Waals surface area contributed by atoms with Crippen LogP contribution in [0.1, 0.15) is 22.9 Å². The van der Waals surface area contributed by atoms with Gasteiger partial charge in [0.15, 0.2) is 0 Å². The second kappa shape index (κ2) is 5.63. The third-order valence-corrected chi connectivity index (χ3v) is 3.31. The van der Waals surface area contributed by atoms with Crippen molar-refractivity contribution in [2.75, 3.05) is 0 Å². The minimum Gasteiger partial charge on any atom is -0.271 e. The molecular weight excluding hydrogens is 312 g/mol. The molecule has 0 aliphatic carbocycles. The first-order valence-corrected chi connectivity index (χ1v) is 6.14. The van der Waals surface area contributed by atoms with Crippen molar-refractivity contribution in [1.82, 2.24) is 15.2 Å². The fourth-order valence-electron chi connectivity index (χ4n) is 2.05. The molecule has 21 heavy (non-hydrogen) atoms. The molecule has 3 N–H and O–H groups in total. The number of aromatic nitrogens is 2. The van der Waals surface area contributed by atoms with Crippen LogP contribution in [0.2, 0.25) is 5.02 Å². The summed E-state index contributed by atoms with van der Waals surface area (Å²) in [6.45, 7) is 0. The van der Waals surface area contributed by atoms with E-state index in [2.05, 4.69) is 10.5 Å². The van der Waals surface area contributed by atoms with E-state index in [1.54, 1.807) is 0 Å². The van der Waals surface area contributed by atoms with Crippen molar-refractivity contribution in [3.8, 4) is 0 Å². The first-order chi connectivity index (χ1) is 9.77. The Kier molecular flexibility index (Phi) is 4.22. The number of alkyl halides is 3. The molecule has 1 unspecified atom stereocenters. The number of nitrogens with two attached hydrogens (primary N) is 1. The molecule has 0 saturated heterocycles. The average Bonchev–Trinajstić information content (AvgIpc) is 2.72. The summed E-state index contributed by atoms with van der Waals surface area (Å²) in [6, 6.07) is 1.92. The third-order valence-electron chi connectivity index (χ3n) is 3.02. The number of nitrogens with one attached hydrogen (secondary N) is 1. The maximum absolute atomic E-state index is 14.2. The van der Waals surface area contributed by atoms with Crippen LogP contribution in [0.15, 0.2) is 24.4 Å². The van der Waals surface area contributed by atoms with Crippen molar-refractivity contribution in [2.45, 2.75) is 12.2 Å². The fourth-order valence-corrected chi connectivity index (χ4v) is 2.33. The van der Waals surface area contributed by atoms with Crippen molar-refractivity contribution in [3.05, 3.63) is 52.1 Å². The lowest BCUT2D eigenvalue weighted by molar-refractivity contribution is -0.140. The zero-order chi connectivity index (χ0) is 15.8. The van der Waals surface area contributed by atoms with Crippen LogP contribution in [0, 0.1) is 5.82 Å². The number of hydrogen-bond donors (Lipinski definition) is 2. The molecule has 0 saturated carbocycles. The Morgan fingerprint density at radius 2 is 2.05 bits per heavy atom. The van der Waals surface area contributed by atoms with Gasteiger partial charge in [0, 0.05) is 12.6 Å². The summed E-state index contributed by atoms with van der Waals surface area (Å²) < 4.78 is 53.8. The molecule has 4 nitrogen and oxygen atoms in total. The second-order valence-electron chi connectivity index (χ2n) is 4.31. The van der Waals surface area contributed by atoms with Gasteiger partial charge in [0.05, 0.1) is 28.5 Å². The van der Waals surface area contributed by atoms with Crippen LogP contribution in [0.25, 0.3) is 0 Å². The van der Waals surface area contributed by atoms with Crippen LogP contribution in [0.4, 0.5) is 17.6 Å². The average molecular weight is 323 g/mol. The first-order valence-electron chi connectivity index (χ1n) is 5.76. The van der Waals surface area contributed by atoms with Gasteiger partial charge in [-0.15, -0.1) is 0 Å². The van der Waals surface area contributed by atoms with Gasteiger partial charge in [-0.05, 0) is 6.07 Å². The highest BCUT2D eigenvalue weighted by Crippen LogP contribution is 2.36. The lowest BCUT2D eigenvalue weighted by Crippen LogP contribution is -2.31. The van der Waals surface area contributed by atoms with Crippen molar-refractivity contribution in [1.29, 1.82) is 0 Å². The van der Waals surface area contributed by atoms with E-state index in [-0.39, 0.29) is 16.3 Å². The number of rotatable bonds is 3. The van der Waals surface area contributed by atoms with Gasteiger partial charge in [-0.25, -0.2) is 9.82 Å². The van der Waals surface area contributed by atoms with Crippen LogP contribution < -0.4 is 11.3 Å². The molecule has 0 spiro atoms. The Morgan fingerprint density at radius 3 is 2.52 bits per heavy atom. The van der Waals surface area contributed by atoms with Crippen molar-refractivity contribution >= 4 is 11.6 Å². The highest BCUT2D eigenvalue weighted by atomic mass is 35.5. The number of nitrogens with zero attached hydrogens (tertiary/aromatic N) is 2. The molecule has 1 atom stereocenters. The predicted octanol–water partition coefficient (Wildman–Crippen LogP) is 2.78. The number of benzene rings is 1. The summed E-state index contributed by atoms with van der Waals surface area (Å²) in [5, 5.41) is 4.02. The van der Waals surface area contributed by atoms with Gasteiger partial charge in [-0.3, -0.25) is 10.5 Å². The van der Waals surface area contributed by atoms with Gasteiger partial charge in [0.1, 0.15) is 5.82 Å². The van der Waals surface area contributed by atoms with Gasteiger partial charge >= 0.3 is 6.18 Å². The lowest BCUT2D eigenvalue weighted by atomic mass is 10.0. The van der Waals surface area contributed by atoms with Gasteiger partial charge in [0.2, 0.25) is 0 Å². The van der Waals surface area contributed by atoms with Crippen LogP contribution in [-0.2, 0) is 13.2 Å². The largest absolute Gasteiger partial charge is 0.419 e. The van der Waals surface area contributed by atoms with Crippen molar-refractivity contribution in [2.24, 2.45) is 12.9 Å². The molecule has 0 bridgehead atoms.